The van der Waals surface area contributed by atoms with Gasteiger partial charge in [-0.25, -0.2) is 0 Å². The molecule has 0 unspecified atom stereocenters. The maximum atomic E-state index is 8.21. The van der Waals surface area contributed by atoms with E-state index in [-0.39, 0.29) is 12.4 Å². The van der Waals surface area contributed by atoms with Crippen molar-refractivity contribution in [2.45, 2.75) is 0 Å². The minimum absolute atomic E-state index is 0. The topological polar surface area (TPSA) is 35.8 Å². The predicted octanol–water partition coefficient (Wildman–Crippen LogP) is 1.25. The molecule has 0 aromatic carbocycles. The summed E-state index contributed by atoms with van der Waals surface area (Å²) < 4.78 is 0. The normalized spacial score (nSPS) is 16.5. The van der Waals surface area contributed by atoms with Gasteiger partial charge in [-0.05, 0) is 6.08 Å². The average Bonchev–Trinajstić information content (AvgIpc) is 1.94. The summed E-state index contributed by atoms with van der Waals surface area (Å²) in [5, 5.41) is 11.2. The summed E-state index contributed by atoms with van der Waals surface area (Å²) in [5.41, 5.74) is 0.921. The van der Waals surface area contributed by atoms with Crippen molar-refractivity contribution in [3.8, 4) is 0 Å². The second-order valence-electron chi connectivity index (χ2n) is 2.14. The summed E-state index contributed by atoms with van der Waals surface area (Å²) in [7, 11) is 1.94. The first-order chi connectivity index (χ1) is 4.84. The van der Waals surface area contributed by atoms with Crippen LogP contribution in [0, 0.1) is 0 Å². The van der Waals surface area contributed by atoms with Gasteiger partial charge in [0.25, 0.3) is 0 Å². The fourth-order valence-electron chi connectivity index (χ4n) is 0.819. The molecular weight excluding hydrogens is 164 g/mol. The fraction of sp³-hybridized carbons (Fsp3) is 0.286. The highest BCUT2D eigenvalue weighted by Gasteiger charge is 2.01. The number of halogens is 1. The number of oxime groups is 1. The molecule has 0 aromatic heterocycles. The number of hydrogen-bond acceptors (Lipinski definition) is 3. The molecule has 3 nitrogen and oxygen atoms in total. The lowest BCUT2D eigenvalue weighted by atomic mass is 10.3. The lowest BCUT2D eigenvalue weighted by molar-refractivity contribution is 0.320. The molecule has 1 aliphatic heterocycles. The van der Waals surface area contributed by atoms with Crippen molar-refractivity contribution in [3.63, 3.8) is 0 Å². The van der Waals surface area contributed by atoms with Crippen LogP contribution in [0.25, 0.3) is 0 Å². The van der Waals surface area contributed by atoms with Crippen LogP contribution in [0.4, 0.5) is 0 Å². The minimum atomic E-state index is 0. The van der Waals surface area contributed by atoms with Gasteiger partial charge in [-0.1, -0.05) is 17.3 Å². The first-order valence-corrected chi connectivity index (χ1v) is 3.10. The molecule has 0 aliphatic carbocycles. The molecular formula is C7H11ClN2O. The summed E-state index contributed by atoms with van der Waals surface area (Å²) in [6.07, 6.45) is 7.29. The molecule has 62 valence electrons. The second-order valence-corrected chi connectivity index (χ2v) is 2.14. The Balaban J connectivity index is 0.000001000. The monoisotopic (exact) mass is 174 g/mol. The van der Waals surface area contributed by atoms with Crippen molar-refractivity contribution in [3.05, 3.63) is 23.9 Å². The molecule has 0 fully saturated rings. The Labute approximate surface area is 72.1 Å². The zero-order valence-corrected chi connectivity index (χ0v) is 7.08. The van der Waals surface area contributed by atoms with Gasteiger partial charge in [0, 0.05) is 13.6 Å². The number of rotatable bonds is 1. The number of likely N-dealkylation sites (N-methyl/N-ethyl adjacent to an activating group) is 1. The van der Waals surface area contributed by atoms with E-state index in [1.54, 1.807) is 0 Å². The SMILES string of the molecule is CN1CC=CC=C1C=NO.Cl. The third-order valence-electron chi connectivity index (χ3n) is 1.41. The Kier molecular flexibility index (Phi) is 4.38. The van der Waals surface area contributed by atoms with Crippen molar-refractivity contribution in [2.75, 3.05) is 13.6 Å². The van der Waals surface area contributed by atoms with Crippen LogP contribution in [0.2, 0.25) is 0 Å². The number of hydrogen-bond donors (Lipinski definition) is 1. The molecule has 0 bridgehead atoms. The standard InChI is InChI=1S/C7H10N2O.ClH/c1-9-5-3-2-4-7(9)6-8-10;/h2-4,6,10H,5H2,1H3;1H. The molecule has 11 heavy (non-hydrogen) atoms. The maximum absolute atomic E-state index is 8.21. The molecule has 0 aromatic rings. The van der Waals surface area contributed by atoms with Crippen LogP contribution in [-0.2, 0) is 0 Å². The van der Waals surface area contributed by atoms with E-state index in [0.29, 0.717) is 0 Å². The molecule has 0 saturated carbocycles. The Morgan fingerprint density at radius 3 is 3.00 bits per heavy atom. The summed E-state index contributed by atoms with van der Waals surface area (Å²) in [6.45, 7) is 0.873. The van der Waals surface area contributed by atoms with Crippen LogP contribution in [0.15, 0.2) is 29.1 Å². The first-order valence-electron chi connectivity index (χ1n) is 3.10. The minimum Gasteiger partial charge on any atom is -0.411 e. The van der Waals surface area contributed by atoms with Gasteiger partial charge in [0.2, 0.25) is 0 Å². The van der Waals surface area contributed by atoms with E-state index < -0.39 is 0 Å². The largest absolute Gasteiger partial charge is 0.411 e. The zero-order valence-electron chi connectivity index (χ0n) is 6.27. The molecule has 1 heterocycles. The number of allylic oxidation sites excluding steroid dienone is 3. The highest BCUT2D eigenvalue weighted by molar-refractivity contribution is 5.85. The maximum Gasteiger partial charge on any atom is 0.0894 e. The van der Waals surface area contributed by atoms with Crippen LogP contribution in [0.5, 0.6) is 0 Å². The third kappa shape index (κ3) is 2.63. The Hall–Kier alpha value is -0.960. The highest BCUT2D eigenvalue weighted by Crippen LogP contribution is 2.03. The fourth-order valence-corrected chi connectivity index (χ4v) is 0.819. The van der Waals surface area contributed by atoms with Crippen molar-refractivity contribution >= 4 is 18.6 Å². The van der Waals surface area contributed by atoms with E-state index in [4.69, 9.17) is 5.21 Å². The molecule has 1 rings (SSSR count). The summed E-state index contributed by atoms with van der Waals surface area (Å²) in [4.78, 5) is 1.99. The molecule has 0 amide bonds. The van der Waals surface area contributed by atoms with Gasteiger partial charge in [-0.3, -0.25) is 0 Å². The number of nitrogens with zero attached hydrogens (tertiary/aromatic N) is 2. The summed E-state index contributed by atoms with van der Waals surface area (Å²) in [6, 6.07) is 0. The summed E-state index contributed by atoms with van der Waals surface area (Å²) >= 11 is 0. The van der Waals surface area contributed by atoms with Gasteiger partial charge in [-0.2, -0.15) is 0 Å². The predicted molar refractivity (Wildman–Crippen MR) is 47.4 cm³/mol. The lowest BCUT2D eigenvalue weighted by Crippen LogP contribution is -2.20. The molecule has 1 aliphatic rings. The molecule has 4 heteroatoms. The second kappa shape index (κ2) is 4.79. The molecule has 0 atom stereocenters. The van der Waals surface area contributed by atoms with Gasteiger partial charge in [-0.15, -0.1) is 12.4 Å². The van der Waals surface area contributed by atoms with Gasteiger partial charge in [0.15, 0.2) is 0 Å². The Morgan fingerprint density at radius 2 is 2.45 bits per heavy atom. The molecule has 0 saturated heterocycles. The third-order valence-corrected chi connectivity index (χ3v) is 1.41. The van der Waals surface area contributed by atoms with Crippen molar-refractivity contribution in [1.82, 2.24) is 4.90 Å². The molecule has 0 radical (unpaired) electrons. The van der Waals surface area contributed by atoms with Crippen molar-refractivity contribution in [2.24, 2.45) is 5.16 Å². The van der Waals surface area contributed by atoms with Gasteiger partial charge >= 0.3 is 0 Å². The van der Waals surface area contributed by atoms with E-state index in [2.05, 4.69) is 5.16 Å². The smallest absolute Gasteiger partial charge is 0.0894 e. The first kappa shape index (κ1) is 10.0. The van der Waals surface area contributed by atoms with Crippen LogP contribution in [0.1, 0.15) is 0 Å². The van der Waals surface area contributed by atoms with E-state index in [1.807, 2.05) is 30.2 Å². The van der Waals surface area contributed by atoms with Crippen LogP contribution in [0.3, 0.4) is 0 Å². The highest BCUT2D eigenvalue weighted by atomic mass is 35.5. The van der Waals surface area contributed by atoms with Crippen LogP contribution in [-0.4, -0.2) is 29.9 Å². The molecule has 0 spiro atoms. The zero-order chi connectivity index (χ0) is 7.40. The van der Waals surface area contributed by atoms with E-state index >= 15 is 0 Å². The quantitative estimate of drug-likeness (QED) is 0.369. The summed E-state index contributed by atoms with van der Waals surface area (Å²) in [5.74, 6) is 0. The average molecular weight is 175 g/mol. The lowest BCUT2D eigenvalue weighted by Gasteiger charge is -2.19. The van der Waals surface area contributed by atoms with E-state index in [1.165, 1.54) is 6.21 Å². The Bertz CT molecular complexity index is 199. The van der Waals surface area contributed by atoms with Gasteiger partial charge < -0.3 is 10.1 Å². The van der Waals surface area contributed by atoms with Crippen LogP contribution < -0.4 is 0 Å². The van der Waals surface area contributed by atoms with Gasteiger partial charge in [0.05, 0.1) is 11.9 Å². The Morgan fingerprint density at radius 1 is 1.73 bits per heavy atom. The van der Waals surface area contributed by atoms with Crippen LogP contribution >= 0.6 is 12.4 Å². The molecule has 1 N–H and O–H groups in total. The van der Waals surface area contributed by atoms with Gasteiger partial charge in [0.1, 0.15) is 0 Å². The van der Waals surface area contributed by atoms with Crippen molar-refractivity contribution in [1.29, 1.82) is 0 Å². The van der Waals surface area contributed by atoms with Crippen molar-refractivity contribution < 1.29 is 5.21 Å². The van der Waals surface area contributed by atoms with E-state index in [0.717, 1.165) is 12.2 Å². The van der Waals surface area contributed by atoms with E-state index in [9.17, 15) is 0 Å².